The highest BCUT2D eigenvalue weighted by Crippen LogP contribution is 2.31. The minimum Gasteiger partial charge on any atom is -0.386 e. The predicted molar refractivity (Wildman–Crippen MR) is 97.7 cm³/mol. The van der Waals surface area contributed by atoms with Crippen LogP contribution in [0.4, 0.5) is 13.2 Å². The van der Waals surface area contributed by atoms with Crippen LogP contribution in [0.15, 0.2) is 34.3 Å². The number of carbonyl (C=O) groups excluding carboxylic acids is 1. The second kappa shape index (κ2) is 10.0. The van der Waals surface area contributed by atoms with Gasteiger partial charge in [-0.3, -0.25) is 4.79 Å². The van der Waals surface area contributed by atoms with Crippen LogP contribution in [-0.4, -0.2) is 64.3 Å². The first kappa shape index (κ1) is 23.1. The molecule has 1 fully saturated rings. The molecule has 2 rings (SSSR count). The van der Waals surface area contributed by atoms with Gasteiger partial charge in [0.25, 0.3) is 5.91 Å². The number of piperidine rings is 1. The van der Waals surface area contributed by atoms with Gasteiger partial charge in [0, 0.05) is 39.6 Å². The first-order valence-corrected chi connectivity index (χ1v) is 10.2. The van der Waals surface area contributed by atoms with E-state index >= 15 is 0 Å². The minimum atomic E-state index is -4.62. The molecular weight excluding hydrogens is 415 g/mol. The average molecular weight is 437 g/mol. The summed E-state index contributed by atoms with van der Waals surface area (Å²) in [5.41, 5.74) is -0.444. The predicted octanol–water partition coefficient (Wildman–Crippen LogP) is 1.63. The van der Waals surface area contributed by atoms with Crippen molar-refractivity contribution in [3.63, 3.8) is 0 Å². The smallest absolute Gasteiger partial charge is 0.386 e. The van der Waals surface area contributed by atoms with Crippen molar-refractivity contribution in [1.29, 1.82) is 0 Å². The summed E-state index contributed by atoms with van der Waals surface area (Å²) in [7, 11) is -2.55. The summed E-state index contributed by atoms with van der Waals surface area (Å²) in [6.07, 6.45) is -4.12. The SMILES string of the molecule is COCCNC(=O)CON=C1CCN(S(=O)(=O)c2cccc(C(F)(F)F)c2)CC1. The zero-order valence-corrected chi connectivity index (χ0v) is 16.6. The molecule has 8 nitrogen and oxygen atoms in total. The Morgan fingerprint density at radius 1 is 1.28 bits per heavy atom. The molecule has 1 saturated heterocycles. The molecule has 162 valence electrons. The van der Waals surface area contributed by atoms with Crippen molar-refractivity contribution >= 4 is 21.6 Å². The molecular formula is C17H22F3N3O5S. The molecule has 1 heterocycles. The van der Waals surface area contributed by atoms with Gasteiger partial charge in [0.2, 0.25) is 10.0 Å². The molecule has 1 aromatic carbocycles. The van der Waals surface area contributed by atoms with Gasteiger partial charge in [-0.1, -0.05) is 11.2 Å². The van der Waals surface area contributed by atoms with E-state index in [4.69, 9.17) is 9.57 Å². The lowest BCUT2D eigenvalue weighted by atomic mass is 10.1. The second-order valence-corrected chi connectivity index (χ2v) is 8.14. The fourth-order valence-electron chi connectivity index (χ4n) is 2.58. The monoisotopic (exact) mass is 437 g/mol. The van der Waals surface area contributed by atoms with Crippen LogP contribution in [0, 0.1) is 0 Å². The van der Waals surface area contributed by atoms with Gasteiger partial charge in [-0.2, -0.15) is 17.5 Å². The van der Waals surface area contributed by atoms with Gasteiger partial charge in [0.15, 0.2) is 6.61 Å². The molecule has 0 aromatic heterocycles. The number of carbonyl (C=O) groups is 1. The molecule has 1 aromatic rings. The van der Waals surface area contributed by atoms with Gasteiger partial charge in [-0.25, -0.2) is 8.42 Å². The van der Waals surface area contributed by atoms with Gasteiger partial charge in [0.05, 0.1) is 22.8 Å². The molecule has 0 saturated carbocycles. The number of sulfonamides is 1. The van der Waals surface area contributed by atoms with Crippen LogP contribution in [0.25, 0.3) is 0 Å². The van der Waals surface area contributed by atoms with Crippen LogP contribution in [0.1, 0.15) is 18.4 Å². The molecule has 1 aliphatic rings. The van der Waals surface area contributed by atoms with Crippen molar-refractivity contribution in [3.05, 3.63) is 29.8 Å². The van der Waals surface area contributed by atoms with Crippen molar-refractivity contribution in [2.45, 2.75) is 23.9 Å². The number of benzene rings is 1. The summed E-state index contributed by atoms with van der Waals surface area (Å²) in [5.74, 6) is -0.365. The van der Waals surface area contributed by atoms with Crippen LogP contribution in [0.3, 0.4) is 0 Å². The molecule has 0 spiro atoms. The Labute approximate surface area is 166 Å². The van der Waals surface area contributed by atoms with E-state index in [2.05, 4.69) is 10.5 Å². The second-order valence-electron chi connectivity index (χ2n) is 6.20. The first-order chi connectivity index (χ1) is 13.6. The number of nitrogens with one attached hydrogen (secondary N) is 1. The molecule has 0 unspecified atom stereocenters. The molecule has 0 atom stereocenters. The molecule has 1 N–H and O–H groups in total. The molecule has 0 bridgehead atoms. The molecule has 1 amide bonds. The summed E-state index contributed by atoms with van der Waals surface area (Å²) >= 11 is 0. The number of nitrogens with zero attached hydrogens (tertiary/aromatic N) is 2. The fourth-order valence-corrected chi connectivity index (χ4v) is 4.07. The van der Waals surface area contributed by atoms with Crippen molar-refractivity contribution in [3.8, 4) is 0 Å². The Balaban J connectivity index is 1.90. The highest BCUT2D eigenvalue weighted by Gasteiger charge is 2.33. The number of ether oxygens (including phenoxy) is 1. The zero-order valence-electron chi connectivity index (χ0n) is 15.7. The lowest BCUT2D eigenvalue weighted by molar-refractivity contribution is -0.137. The molecule has 12 heteroatoms. The summed E-state index contributed by atoms with van der Waals surface area (Å²) < 4.78 is 69.7. The Bertz CT molecular complexity index is 833. The van der Waals surface area contributed by atoms with Crippen molar-refractivity contribution in [2.75, 3.05) is 40.0 Å². The summed E-state index contributed by atoms with van der Waals surface area (Å²) in [4.78, 5) is 16.0. The van der Waals surface area contributed by atoms with Crippen LogP contribution in [0.2, 0.25) is 0 Å². The topological polar surface area (TPSA) is 97.3 Å². The lowest BCUT2D eigenvalue weighted by Gasteiger charge is -2.26. The van der Waals surface area contributed by atoms with Gasteiger partial charge in [-0.05, 0) is 18.2 Å². The van der Waals surface area contributed by atoms with Crippen LogP contribution in [-0.2, 0) is 30.6 Å². The molecule has 0 radical (unpaired) electrons. The highest BCUT2D eigenvalue weighted by atomic mass is 32.2. The number of oxime groups is 1. The fraction of sp³-hybridized carbons (Fsp3) is 0.529. The van der Waals surface area contributed by atoms with Crippen LogP contribution >= 0.6 is 0 Å². The van der Waals surface area contributed by atoms with Gasteiger partial charge in [0.1, 0.15) is 0 Å². The highest BCUT2D eigenvalue weighted by molar-refractivity contribution is 7.89. The van der Waals surface area contributed by atoms with E-state index in [9.17, 15) is 26.4 Å². The van der Waals surface area contributed by atoms with Gasteiger partial charge >= 0.3 is 6.18 Å². The quantitative estimate of drug-likeness (QED) is 0.493. The Hall–Kier alpha value is -2.18. The number of hydrogen-bond acceptors (Lipinski definition) is 6. The maximum absolute atomic E-state index is 12.8. The number of alkyl halides is 3. The first-order valence-electron chi connectivity index (χ1n) is 8.75. The summed E-state index contributed by atoms with van der Waals surface area (Å²) in [5, 5.41) is 6.40. The number of methoxy groups -OCH3 is 1. The Morgan fingerprint density at radius 2 is 1.97 bits per heavy atom. The third-order valence-corrected chi connectivity index (χ3v) is 6.01. The van der Waals surface area contributed by atoms with Gasteiger partial charge in [-0.15, -0.1) is 0 Å². The number of rotatable bonds is 8. The largest absolute Gasteiger partial charge is 0.416 e. The third-order valence-electron chi connectivity index (χ3n) is 4.12. The lowest BCUT2D eigenvalue weighted by Crippen LogP contribution is -2.38. The van der Waals surface area contributed by atoms with E-state index in [-0.39, 0.29) is 38.4 Å². The molecule has 0 aliphatic carbocycles. The van der Waals surface area contributed by atoms with Crippen molar-refractivity contribution in [1.82, 2.24) is 9.62 Å². The Morgan fingerprint density at radius 3 is 2.59 bits per heavy atom. The molecule has 1 aliphatic heterocycles. The van der Waals surface area contributed by atoms with E-state index in [0.717, 1.165) is 22.5 Å². The van der Waals surface area contributed by atoms with Crippen molar-refractivity contribution in [2.24, 2.45) is 5.16 Å². The van der Waals surface area contributed by atoms with Crippen LogP contribution in [0.5, 0.6) is 0 Å². The number of amides is 1. The number of hydrogen-bond donors (Lipinski definition) is 1. The van der Waals surface area contributed by atoms with Gasteiger partial charge < -0.3 is 14.9 Å². The molecule has 29 heavy (non-hydrogen) atoms. The standard InChI is InChI=1S/C17H22F3N3O5S/c1-27-10-7-21-16(24)12-28-22-14-5-8-23(9-6-14)29(25,26)15-4-2-3-13(11-15)17(18,19)20/h2-4,11H,5-10,12H2,1H3,(H,21,24). The zero-order chi connectivity index (χ0) is 21.5. The van der Waals surface area contributed by atoms with E-state index < -0.39 is 26.7 Å². The number of halogens is 3. The van der Waals surface area contributed by atoms with Crippen molar-refractivity contribution < 1.29 is 36.0 Å². The van der Waals surface area contributed by atoms with E-state index in [1.165, 1.54) is 7.11 Å². The minimum absolute atomic E-state index is 0.0564. The average Bonchev–Trinajstić information content (AvgIpc) is 2.68. The van der Waals surface area contributed by atoms with E-state index in [0.29, 0.717) is 24.9 Å². The van der Waals surface area contributed by atoms with Crippen LogP contribution < -0.4 is 5.32 Å². The third kappa shape index (κ3) is 6.68. The Kier molecular flexibility index (Phi) is 7.99. The summed E-state index contributed by atoms with van der Waals surface area (Å²) in [6.45, 7) is 0.551. The maximum atomic E-state index is 12.8. The summed E-state index contributed by atoms with van der Waals surface area (Å²) in [6, 6.07) is 3.66. The maximum Gasteiger partial charge on any atom is 0.416 e. The normalized spacial score (nSPS) is 15.8. The van der Waals surface area contributed by atoms with E-state index in [1.54, 1.807) is 0 Å². The van der Waals surface area contributed by atoms with E-state index in [1.807, 2.05) is 0 Å².